The van der Waals surface area contributed by atoms with Crippen LogP contribution in [0, 0.1) is 13.8 Å². The van der Waals surface area contributed by atoms with Crippen molar-refractivity contribution in [3.8, 4) is 5.75 Å². The summed E-state index contributed by atoms with van der Waals surface area (Å²) in [6.45, 7) is 7.78. The Balaban J connectivity index is 1.84. The number of ether oxygens (including phenoxy) is 1. The summed E-state index contributed by atoms with van der Waals surface area (Å²) in [7, 11) is 0. The molecular weight excluding hydrogens is 342 g/mol. The van der Waals surface area contributed by atoms with E-state index in [4.69, 9.17) is 4.74 Å². The molecule has 0 aliphatic rings. The van der Waals surface area contributed by atoms with Crippen LogP contribution in [0.3, 0.4) is 0 Å². The molecule has 0 spiro atoms. The van der Waals surface area contributed by atoms with E-state index < -0.39 is 5.91 Å². The molecule has 0 aliphatic heterocycles. The molecular formula is C21H25N3O3. The number of nitrogens with one attached hydrogen (secondary N) is 2. The van der Waals surface area contributed by atoms with Gasteiger partial charge in [-0.1, -0.05) is 29.8 Å². The van der Waals surface area contributed by atoms with Gasteiger partial charge in [-0.15, -0.1) is 0 Å². The molecule has 0 heterocycles. The van der Waals surface area contributed by atoms with Crippen LogP contribution >= 0.6 is 0 Å². The third kappa shape index (κ3) is 6.93. The Labute approximate surface area is 159 Å². The van der Waals surface area contributed by atoms with Gasteiger partial charge in [0.05, 0.1) is 12.3 Å². The van der Waals surface area contributed by atoms with Gasteiger partial charge in [0.15, 0.2) is 0 Å². The van der Waals surface area contributed by atoms with Gasteiger partial charge in [-0.3, -0.25) is 9.59 Å². The van der Waals surface area contributed by atoms with Gasteiger partial charge in [0.2, 0.25) is 11.8 Å². The second kappa shape index (κ2) is 9.52. The lowest BCUT2D eigenvalue weighted by Crippen LogP contribution is -2.24. The fourth-order valence-electron chi connectivity index (χ4n) is 2.45. The van der Waals surface area contributed by atoms with Crippen molar-refractivity contribution in [3.05, 3.63) is 59.2 Å². The minimum Gasteiger partial charge on any atom is -0.491 e. The summed E-state index contributed by atoms with van der Waals surface area (Å²) in [6.07, 6.45) is 1.28. The summed E-state index contributed by atoms with van der Waals surface area (Å²) >= 11 is 0. The lowest BCUT2D eigenvalue weighted by Gasteiger charge is -2.09. The normalized spacial score (nSPS) is 10.9. The largest absolute Gasteiger partial charge is 0.491 e. The van der Waals surface area contributed by atoms with Crippen molar-refractivity contribution < 1.29 is 14.3 Å². The zero-order valence-electron chi connectivity index (χ0n) is 16.1. The number of nitrogens with zero attached hydrogens (tertiary/aromatic N) is 1. The molecule has 2 rings (SSSR count). The van der Waals surface area contributed by atoms with Gasteiger partial charge >= 0.3 is 0 Å². The number of hydrogen-bond donors (Lipinski definition) is 2. The third-order valence-corrected chi connectivity index (χ3v) is 3.61. The molecule has 2 aromatic rings. The van der Waals surface area contributed by atoms with E-state index in [1.54, 1.807) is 0 Å². The molecule has 0 fully saturated rings. The number of hydrogen-bond acceptors (Lipinski definition) is 4. The van der Waals surface area contributed by atoms with Crippen molar-refractivity contribution in [2.45, 2.75) is 40.2 Å². The summed E-state index contributed by atoms with van der Waals surface area (Å²) in [5, 5.41) is 6.62. The van der Waals surface area contributed by atoms with E-state index in [9.17, 15) is 9.59 Å². The highest BCUT2D eigenvalue weighted by atomic mass is 16.5. The van der Waals surface area contributed by atoms with Crippen molar-refractivity contribution in [1.82, 2.24) is 5.43 Å². The molecule has 2 aromatic carbocycles. The van der Waals surface area contributed by atoms with Crippen molar-refractivity contribution >= 4 is 23.7 Å². The van der Waals surface area contributed by atoms with Crippen molar-refractivity contribution in [2.75, 3.05) is 5.32 Å². The Morgan fingerprint density at radius 3 is 2.59 bits per heavy atom. The average Bonchev–Trinajstić information content (AvgIpc) is 2.57. The number of anilines is 1. The van der Waals surface area contributed by atoms with Crippen LogP contribution in [-0.2, 0) is 9.59 Å². The molecule has 0 aliphatic carbocycles. The first kappa shape index (κ1) is 20.2. The van der Waals surface area contributed by atoms with E-state index in [-0.39, 0.29) is 18.4 Å². The van der Waals surface area contributed by atoms with E-state index in [0.717, 1.165) is 22.4 Å². The summed E-state index contributed by atoms with van der Waals surface area (Å²) in [5.41, 5.74) is 5.90. The molecule has 0 aromatic heterocycles. The molecule has 0 radical (unpaired) electrons. The molecule has 0 saturated heterocycles. The van der Waals surface area contributed by atoms with E-state index in [1.807, 2.05) is 70.2 Å². The highest BCUT2D eigenvalue weighted by Crippen LogP contribution is 2.16. The van der Waals surface area contributed by atoms with E-state index >= 15 is 0 Å². The molecule has 0 atom stereocenters. The lowest BCUT2D eigenvalue weighted by molar-refractivity contribution is -0.126. The second-order valence-corrected chi connectivity index (χ2v) is 6.58. The standard InChI is InChI=1S/C21H25N3O3/c1-14(2)27-18-7-5-6-17(11-18)13-22-24-21(26)12-20(25)23-19-9-8-15(3)10-16(19)4/h5-11,13-14H,12H2,1-4H3,(H,23,25)(H,24,26). The molecule has 27 heavy (non-hydrogen) atoms. The molecule has 2 amide bonds. The quantitative estimate of drug-likeness (QED) is 0.446. The highest BCUT2D eigenvalue weighted by molar-refractivity contribution is 6.04. The van der Waals surface area contributed by atoms with Crippen LogP contribution in [0.25, 0.3) is 0 Å². The van der Waals surface area contributed by atoms with Crippen LogP contribution in [0.4, 0.5) is 5.69 Å². The number of aryl methyl sites for hydroxylation is 2. The number of amides is 2. The van der Waals surface area contributed by atoms with Gasteiger partial charge < -0.3 is 10.1 Å². The lowest BCUT2D eigenvalue weighted by atomic mass is 10.1. The Kier molecular flexibility index (Phi) is 7.11. The number of rotatable bonds is 7. The Morgan fingerprint density at radius 1 is 1.11 bits per heavy atom. The van der Waals surface area contributed by atoms with Gasteiger partial charge in [-0.05, 0) is 57.0 Å². The van der Waals surface area contributed by atoms with Crippen LogP contribution in [0.15, 0.2) is 47.6 Å². The minimum absolute atomic E-state index is 0.0765. The predicted octanol–water partition coefficient (Wildman–Crippen LogP) is 3.57. The maximum Gasteiger partial charge on any atom is 0.249 e. The monoisotopic (exact) mass is 367 g/mol. The zero-order chi connectivity index (χ0) is 19.8. The Morgan fingerprint density at radius 2 is 1.89 bits per heavy atom. The molecule has 0 bridgehead atoms. The van der Waals surface area contributed by atoms with Crippen LogP contribution in [0.5, 0.6) is 5.75 Å². The van der Waals surface area contributed by atoms with E-state index in [0.29, 0.717) is 5.69 Å². The predicted molar refractivity (Wildman–Crippen MR) is 107 cm³/mol. The molecule has 0 unspecified atom stereocenters. The maximum absolute atomic E-state index is 12.0. The molecule has 6 heteroatoms. The number of carbonyl (C=O) groups excluding carboxylic acids is 2. The van der Waals surface area contributed by atoms with Gasteiger partial charge in [0.25, 0.3) is 0 Å². The number of benzene rings is 2. The first-order valence-electron chi connectivity index (χ1n) is 8.79. The van der Waals surface area contributed by atoms with E-state index in [2.05, 4.69) is 15.8 Å². The minimum atomic E-state index is -0.483. The van der Waals surface area contributed by atoms with Gasteiger partial charge in [0.1, 0.15) is 12.2 Å². The topological polar surface area (TPSA) is 79.8 Å². The maximum atomic E-state index is 12.0. The third-order valence-electron chi connectivity index (χ3n) is 3.61. The first-order valence-corrected chi connectivity index (χ1v) is 8.79. The SMILES string of the molecule is Cc1ccc(NC(=O)CC(=O)NN=Cc2cccc(OC(C)C)c2)c(C)c1. The smallest absolute Gasteiger partial charge is 0.249 e. The summed E-state index contributed by atoms with van der Waals surface area (Å²) < 4.78 is 5.61. The van der Waals surface area contributed by atoms with Crippen LogP contribution < -0.4 is 15.5 Å². The van der Waals surface area contributed by atoms with Crippen molar-refractivity contribution in [2.24, 2.45) is 5.10 Å². The van der Waals surface area contributed by atoms with Crippen molar-refractivity contribution in [3.63, 3.8) is 0 Å². The Hall–Kier alpha value is -3.15. The number of carbonyl (C=O) groups is 2. The molecule has 2 N–H and O–H groups in total. The van der Waals surface area contributed by atoms with E-state index in [1.165, 1.54) is 6.21 Å². The van der Waals surface area contributed by atoms with Crippen molar-refractivity contribution in [1.29, 1.82) is 0 Å². The summed E-state index contributed by atoms with van der Waals surface area (Å²) in [5.74, 6) is -0.141. The fraction of sp³-hybridized carbons (Fsp3) is 0.286. The molecule has 6 nitrogen and oxygen atoms in total. The van der Waals surface area contributed by atoms with Crippen LogP contribution in [0.2, 0.25) is 0 Å². The van der Waals surface area contributed by atoms with Crippen LogP contribution in [-0.4, -0.2) is 24.1 Å². The average molecular weight is 367 g/mol. The second-order valence-electron chi connectivity index (χ2n) is 6.58. The van der Waals surface area contributed by atoms with Crippen LogP contribution in [0.1, 0.15) is 37.0 Å². The molecule has 142 valence electrons. The highest BCUT2D eigenvalue weighted by Gasteiger charge is 2.10. The van der Waals surface area contributed by atoms with Gasteiger partial charge in [0, 0.05) is 5.69 Å². The first-order chi connectivity index (χ1) is 12.8. The summed E-state index contributed by atoms with van der Waals surface area (Å²) in [4.78, 5) is 23.9. The number of hydrazone groups is 1. The summed E-state index contributed by atoms with van der Waals surface area (Å²) in [6, 6.07) is 13.1. The zero-order valence-corrected chi connectivity index (χ0v) is 16.1. The fourth-order valence-corrected chi connectivity index (χ4v) is 2.45. The van der Waals surface area contributed by atoms with Gasteiger partial charge in [-0.2, -0.15) is 5.10 Å². The molecule has 0 saturated carbocycles. The van der Waals surface area contributed by atoms with Gasteiger partial charge in [-0.25, -0.2) is 5.43 Å². The Bertz CT molecular complexity index is 844.